The molecule has 0 saturated heterocycles. The van der Waals surface area contributed by atoms with Crippen molar-refractivity contribution >= 4 is 23.1 Å². The van der Waals surface area contributed by atoms with Crippen molar-refractivity contribution in [2.24, 2.45) is 0 Å². The summed E-state index contributed by atoms with van der Waals surface area (Å²) in [5, 5.41) is 8.80. The van der Waals surface area contributed by atoms with Crippen molar-refractivity contribution in [1.29, 1.82) is 0 Å². The molecule has 0 aliphatic heterocycles. The van der Waals surface area contributed by atoms with E-state index in [0.717, 1.165) is 29.0 Å². The summed E-state index contributed by atoms with van der Waals surface area (Å²) >= 11 is 1.69. The van der Waals surface area contributed by atoms with Crippen LogP contribution in [0.4, 0.5) is 0 Å². The van der Waals surface area contributed by atoms with Crippen LogP contribution >= 0.6 is 11.3 Å². The van der Waals surface area contributed by atoms with Crippen molar-refractivity contribution in [3.8, 4) is 11.1 Å². The SMILES string of the molecule is Cc1nc2c(-c3ccsc3)cnn2c(C)c1C/C=C/c1ccccc1. The van der Waals surface area contributed by atoms with Crippen LogP contribution in [0.3, 0.4) is 0 Å². The molecule has 4 heteroatoms. The first-order valence-corrected chi connectivity index (χ1v) is 9.26. The molecule has 4 rings (SSSR count). The van der Waals surface area contributed by atoms with E-state index in [-0.39, 0.29) is 0 Å². The highest BCUT2D eigenvalue weighted by molar-refractivity contribution is 7.08. The van der Waals surface area contributed by atoms with Crippen LogP contribution in [0.2, 0.25) is 0 Å². The topological polar surface area (TPSA) is 30.2 Å². The zero-order valence-electron chi connectivity index (χ0n) is 14.3. The Labute approximate surface area is 151 Å². The molecule has 0 unspecified atom stereocenters. The van der Waals surface area contributed by atoms with Gasteiger partial charge in [-0.05, 0) is 53.8 Å². The molecule has 0 fully saturated rings. The van der Waals surface area contributed by atoms with Crippen molar-refractivity contribution in [2.45, 2.75) is 20.3 Å². The molecule has 0 atom stereocenters. The molecular weight excluding hydrogens is 326 g/mol. The van der Waals surface area contributed by atoms with E-state index in [1.165, 1.54) is 16.7 Å². The number of benzene rings is 1. The number of nitrogens with zero attached hydrogens (tertiary/aromatic N) is 3. The number of aryl methyl sites for hydroxylation is 2. The molecule has 0 N–H and O–H groups in total. The Balaban J connectivity index is 1.70. The predicted octanol–water partition coefficient (Wildman–Crippen LogP) is 5.33. The number of fused-ring (bicyclic) bond motifs is 1. The highest BCUT2D eigenvalue weighted by atomic mass is 32.1. The summed E-state index contributed by atoms with van der Waals surface area (Å²) < 4.78 is 1.96. The highest BCUT2D eigenvalue weighted by Gasteiger charge is 2.14. The van der Waals surface area contributed by atoms with E-state index in [1.54, 1.807) is 11.3 Å². The number of aromatic nitrogens is 3. The number of hydrogen-bond donors (Lipinski definition) is 0. The Morgan fingerprint density at radius 3 is 2.72 bits per heavy atom. The van der Waals surface area contributed by atoms with Crippen LogP contribution in [0.15, 0.2) is 59.4 Å². The lowest BCUT2D eigenvalue weighted by Crippen LogP contribution is -2.05. The first-order chi connectivity index (χ1) is 12.2. The number of rotatable bonds is 4. The lowest BCUT2D eigenvalue weighted by molar-refractivity contribution is 0.860. The fourth-order valence-corrected chi connectivity index (χ4v) is 3.76. The van der Waals surface area contributed by atoms with Crippen molar-refractivity contribution in [1.82, 2.24) is 14.6 Å². The van der Waals surface area contributed by atoms with Crippen LogP contribution in [0.5, 0.6) is 0 Å². The molecule has 0 saturated carbocycles. The fraction of sp³-hybridized carbons (Fsp3) is 0.143. The monoisotopic (exact) mass is 345 g/mol. The molecule has 0 bridgehead atoms. The summed E-state index contributed by atoms with van der Waals surface area (Å²) in [4.78, 5) is 4.85. The third-order valence-electron chi connectivity index (χ3n) is 4.47. The molecule has 3 aromatic heterocycles. The van der Waals surface area contributed by atoms with Gasteiger partial charge in [-0.2, -0.15) is 16.4 Å². The summed E-state index contributed by atoms with van der Waals surface area (Å²) in [5.41, 5.74) is 7.89. The number of allylic oxidation sites excluding steroid dienone is 1. The molecule has 3 heterocycles. The fourth-order valence-electron chi connectivity index (χ4n) is 3.10. The van der Waals surface area contributed by atoms with Crippen molar-refractivity contribution < 1.29 is 0 Å². The molecule has 1 aromatic carbocycles. The Morgan fingerprint density at radius 1 is 1.12 bits per heavy atom. The van der Waals surface area contributed by atoms with E-state index in [0.29, 0.717) is 0 Å². The van der Waals surface area contributed by atoms with E-state index >= 15 is 0 Å². The van der Waals surface area contributed by atoms with Gasteiger partial charge in [-0.1, -0.05) is 42.5 Å². The molecule has 0 amide bonds. The number of thiophene rings is 1. The van der Waals surface area contributed by atoms with E-state index in [4.69, 9.17) is 4.98 Å². The lowest BCUT2D eigenvalue weighted by Gasteiger charge is -2.10. The van der Waals surface area contributed by atoms with Gasteiger partial charge < -0.3 is 0 Å². The Kier molecular flexibility index (Phi) is 4.20. The lowest BCUT2D eigenvalue weighted by atomic mass is 10.1. The van der Waals surface area contributed by atoms with Gasteiger partial charge in [0.25, 0.3) is 0 Å². The van der Waals surface area contributed by atoms with Crippen LogP contribution in [0.1, 0.15) is 22.5 Å². The molecule has 124 valence electrons. The minimum atomic E-state index is 0.850. The van der Waals surface area contributed by atoms with Crippen LogP contribution in [0.25, 0.3) is 22.9 Å². The zero-order valence-corrected chi connectivity index (χ0v) is 15.1. The van der Waals surface area contributed by atoms with Crippen LogP contribution in [0, 0.1) is 13.8 Å². The molecule has 0 radical (unpaired) electrons. The van der Waals surface area contributed by atoms with Gasteiger partial charge in [-0.25, -0.2) is 9.50 Å². The quantitative estimate of drug-likeness (QED) is 0.500. The molecule has 3 nitrogen and oxygen atoms in total. The molecule has 0 spiro atoms. The van der Waals surface area contributed by atoms with E-state index in [1.807, 2.05) is 16.8 Å². The largest absolute Gasteiger partial charge is 0.233 e. The van der Waals surface area contributed by atoms with Gasteiger partial charge in [0, 0.05) is 17.0 Å². The maximum Gasteiger partial charge on any atom is 0.163 e. The minimum Gasteiger partial charge on any atom is -0.233 e. The Hall–Kier alpha value is -2.72. The van der Waals surface area contributed by atoms with Crippen LogP contribution in [-0.2, 0) is 6.42 Å². The zero-order chi connectivity index (χ0) is 17.2. The van der Waals surface area contributed by atoms with Crippen LogP contribution in [-0.4, -0.2) is 14.6 Å². The summed E-state index contributed by atoms with van der Waals surface area (Å²) in [6, 6.07) is 12.5. The van der Waals surface area contributed by atoms with Gasteiger partial charge in [-0.3, -0.25) is 0 Å². The third-order valence-corrected chi connectivity index (χ3v) is 5.16. The van der Waals surface area contributed by atoms with E-state index < -0.39 is 0 Å². The smallest absolute Gasteiger partial charge is 0.163 e. The second-order valence-corrected chi connectivity index (χ2v) is 6.86. The Morgan fingerprint density at radius 2 is 1.96 bits per heavy atom. The van der Waals surface area contributed by atoms with Gasteiger partial charge in [0.1, 0.15) is 0 Å². The van der Waals surface area contributed by atoms with Gasteiger partial charge >= 0.3 is 0 Å². The first kappa shape index (κ1) is 15.8. The van der Waals surface area contributed by atoms with Gasteiger partial charge in [0.05, 0.1) is 6.20 Å². The minimum absolute atomic E-state index is 0.850. The van der Waals surface area contributed by atoms with Crippen molar-refractivity contribution in [3.63, 3.8) is 0 Å². The molecular formula is C21H19N3S. The van der Waals surface area contributed by atoms with Gasteiger partial charge in [0.15, 0.2) is 5.65 Å². The van der Waals surface area contributed by atoms with E-state index in [2.05, 4.69) is 72.2 Å². The second-order valence-electron chi connectivity index (χ2n) is 6.08. The van der Waals surface area contributed by atoms with E-state index in [9.17, 15) is 0 Å². The average Bonchev–Trinajstić information content (AvgIpc) is 3.28. The van der Waals surface area contributed by atoms with Crippen molar-refractivity contribution in [2.75, 3.05) is 0 Å². The molecule has 4 aromatic rings. The van der Waals surface area contributed by atoms with Gasteiger partial charge in [0.2, 0.25) is 0 Å². The van der Waals surface area contributed by atoms with Crippen molar-refractivity contribution in [3.05, 3.63) is 81.9 Å². The summed E-state index contributed by atoms with van der Waals surface area (Å²) in [6.07, 6.45) is 7.12. The van der Waals surface area contributed by atoms with Crippen LogP contribution < -0.4 is 0 Å². The standard InChI is InChI=1S/C21H19N3S/c1-15-19(10-6-9-17-7-4-3-5-8-17)16(2)24-21(23-15)20(13-22-24)18-11-12-25-14-18/h3-9,11-14H,10H2,1-2H3/b9-6+. The Bertz CT molecular complexity index is 1030. The summed E-state index contributed by atoms with van der Waals surface area (Å²) in [5.74, 6) is 0. The average molecular weight is 345 g/mol. The number of hydrogen-bond acceptors (Lipinski definition) is 3. The maximum absolute atomic E-state index is 4.85. The maximum atomic E-state index is 4.85. The highest BCUT2D eigenvalue weighted by Crippen LogP contribution is 2.27. The molecule has 25 heavy (non-hydrogen) atoms. The summed E-state index contributed by atoms with van der Waals surface area (Å²) in [6.45, 7) is 4.21. The molecule has 0 aliphatic carbocycles. The normalized spacial score (nSPS) is 11.6. The summed E-state index contributed by atoms with van der Waals surface area (Å²) in [7, 11) is 0. The third kappa shape index (κ3) is 3.01. The molecule has 0 aliphatic rings. The van der Waals surface area contributed by atoms with Gasteiger partial charge in [-0.15, -0.1) is 0 Å². The first-order valence-electron chi connectivity index (χ1n) is 8.32. The predicted molar refractivity (Wildman–Crippen MR) is 105 cm³/mol. The second kappa shape index (κ2) is 6.65.